The Balaban J connectivity index is 1.34. The first-order valence-corrected chi connectivity index (χ1v) is 29.4. The van der Waals surface area contributed by atoms with E-state index in [0.29, 0.717) is 44.5 Å². The summed E-state index contributed by atoms with van der Waals surface area (Å²) in [4.78, 5) is 19.1. The van der Waals surface area contributed by atoms with Gasteiger partial charge in [-0.2, -0.15) is 0 Å². The number of esters is 1. The number of rotatable bonds is 17. The number of halogens is 1. The molecule has 6 N–H and O–H groups in total. The molecule has 0 spiro atoms. The van der Waals surface area contributed by atoms with Gasteiger partial charge in [0.05, 0.1) is 46.9 Å². The summed E-state index contributed by atoms with van der Waals surface area (Å²) in [5, 5.41) is 37.9. The molecule has 2 aromatic carbocycles. The van der Waals surface area contributed by atoms with Crippen LogP contribution < -0.4 is 11.1 Å². The van der Waals surface area contributed by atoms with Gasteiger partial charge in [0.1, 0.15) is 30.6 Å². The SMILES string of the molecule is CC[C@H]1OC(=O)[C@H](C)[C@@H](OC2C[C@@](C)(OC)[C@@H](O)[C@H](C)O2)[C@H](C)[C@@H](O[C@H]2C[C@@H](N(C)CC/C(N)=C/N[C@H](CF)Cc3ccc(-c4ccc(S(C)(=O)=O)cc4)cc3)C[C@@H](C)O2)C(C)(C)C[C@@H](C)CN(C)[C@H](C)[C@@H](O)[C@]1(C)O. The van der Waals surface area contributed by atoms with Crippen molar-refractivity contribution in [1.29, 1.82) is 0 Å². The van der Waals surface area contributed by atoms with Gasteiger partial charge in [-0.3, -0.25) is 4.79 Å². The number of nitrogens with two attached hydrogens (primary N) is 1. The van der Waals surface area contributed by atoms with E-state index in [1.807, 2.05) is 70.8 Å². The molecule has 18 heteroatoms. The quantitative estimate of drug-likeness (QED) is 0.101. The zero-order valence-corrected chi connectivity index (χ0v) is 49.0. The number of hydrogen-bond donors (Lipinski definition) is 5. The fourth-order valence-corrected chi connectivity index (χ4v) is 12.6. The Morgan fingerprint density at radius 2 is 1.57 bits per heavy atom. The first-order valence-electron chi connectivity index (χ1n) is 27.5. The largest absolute Gasteiger partial charge is 0.459 e. The van der Waals surface area contributed by atoms with Crippen LogP contribution in [0.5, 0.6) is 0 Å². The lowest BCUT2D eigenvalue weighted by Gasteiger charge is -2.48. The lowest BCUT2D eigenvalue weighted by Crippen LogP contribution is -2.59. The van der Waals surface area contributed by atoms with Crippen molar-refractivity contribution in [3.8, 4) is 11.1 Å². The molecule has 3 saturated heterocycles. The smallest absolute Gasteiger partial charge is 0.311 e. The second-order valence-corrected chi connectivity index (χ2v) is 25.9. The van der Waals surface area contributed by atoms with E-state index < -0.39 is 112 Å². The number of cyclic esters (lactones) is 1. The minimum Gasteiger partial charge on any atom is -0.459 e. The van der Waals surface area contributed by atoms with Crippen LogP contribution in [0.2, 0.25) is 0 Å². The maximum atomic E-state index is 14.6. The van der Waals surface area contributed by atoms with E-state index in [-0.39, 0.29) is 35.8 Å². The maximum absolute atomic E-state index is 14.6. The summed E-state index contributed by atoms with van der Waals surface area (Å²) >= 11 is 0. The van der Waals surface area contributed by atoms with Crippen molar-refractivity contribution in [3.05, 3.63) is 66.0 Å². The van der Waals surface area contributed by atoms with Gasteiger partial charge in [-0.1, -0.05) is 71.0 Å². The molecule has 76 heavy (non-hydrogen) atoms. The zero-order valence-electron chi connectivity index (χ0n) is 48.2. The molecule has 5 rings (SSSR count). The van der Waals surface area contributed by atoms with Crippen LogP contribution in [-0.2, 0) is 49.5 Å². The van der Waals surface area contributed by atoms with Crippen molar-refractivity contribution >= 4 is 15.8 Å². The summed E-state index contributed by atoms with van der Waals surface area (Å²) in [5.74, 6) is -1.90. The Morgan fingerprint density at radius 1 is 0.947 bits per heavy atom. The number of aliphatic hydroxyl groups is 3. The van der Waals surface area contributed by atoms with E-state index in [1.54, 1.807) is 51.4 Å². The number of nitrogens with one attached hydrogen (secondary N) is 1. The third-order valence-corrected chi connectivity index (χ3v) is 17.9. The molecule has 17 atom stereocenters. The number of alkyl halides is 1. The minimum absolute atomic E-state index is 0.0600. The topological polar surface area (TPSA) is 212 Å². The number of methoxy groups -OCH3 is 1. The lowest BCUT2D eigenvalue weighted by atomic mass is 9.71. The molecule has 3 fully saturated rings. The standard InChI is InChI=1S/C58H95FN4O12S/c1-16-48-58(11,67)52(64)39(6)63(13)34-35(2)30-56(8,9)54(37(4)51(38(5)55(66)73-48)74-50-31-57(10,70-14)53(65)40(7)72-50)75-49-29-46(27-36(3)71-49)62(12)26-25-44(60)33-61-45(32-59)28-41-17-19-42(20-18-41)43-21-23-47(24-22-43)76(15,68)69/h17-24,33,35-40,45-46,48-54,61,64-65,67H,16,25-32,34,60H2,1-15H3/b44-33-/t35-,36-,37+,38-,39-,40+,45+,46+,48-,49+,50?,51+,52-,53+,54-,57-,58-/m1/s1. The molecule has 1 unspecified atom stereocenters. The van der Waals surface area contributed by atoms with Crippen molar-refractivity contribution < 1.29 is 61.3 Å². The van der Waals surface area contributed by atoms with Crippen molar-refractivity contribution in [2.75, 3.05) is 47.2 Å². The molecule has 3 aliphatic heterocycles. The Morgan fingerprint density at radius 3 is 2.14 bits per heavy atom. The van der Waals surface area contributed by atoms with E-state index in [9.17, 15) is 32.9 Å². The van der Waals surface area contributed by atoms with E-state index in [0.717, 1.165) is 23.1 Å². The maximum Gasteiger partial charge on any atom is 0.311 e. The van der Waals surface area contributed by atoms with Gasteiger partial charge in [0.25, 0.3) is 0 Å². The van der Waals surface area contributed by atoms with Crippen molar-refractivity contribution in [1.82, 2.24) is 15.1 Å². The summed E-state index contributed by atoms with van der Waals surface area (Å²) < 4.78 is 77.4. The first kappa shape index (κ1) is 63.6. The summed E-state index contributed by atoms with van der Waals surface area (Å²) in [6, 6.07) is 13.6. The summed E-state index contributed by atoms with van der Waals surface area (Å²) in [6.07, 6.45) is -0.644. The van der Waals surface area contributed by atoms with E-state index in [1.165, 1.54) is 13.2 Å². The number of ether oxygens (including phenoxy) is 6. The third kappa shape index (κ3) is 16.2. The number of likely N-dealkylation sites (N-methyl/N-ethyl adjacent to an activating group) is 1. The number of nitrogens with zero attached hydrogens (tertiary/aromatic N) is 2. The van der Waals surface area contributed by atoms with Crippen LogP contribution >= 0.6 is 0 Å². The molecule has 0 aromatic heterocycles. The third-order valence-electron chi connectivity index (χ3n) is 16.8. The molecule has 0 amide bonds. The average molecular weight is 1090 g/mol. The van der Waals surface area contributed by atoms with Crippen molar-refractivity contribution in [2.24, 2.45) is 28.9 Å². The molecule has 3 aliphatic rings. The molecule has 0 bridgehead atoms. The summed E-state index contributed by atoms with van der Waals surface area (Å²) in [6.45, 7) is 21.8. The monoisotopic (exact) mass is 1090 g/mol. The number of aliphatic hydroxyl groups excluding tert-OH is 2. The first-order chi connectivity index (χ1) is 35.4. The Kier molecular flexibility index (Phi) is 22.4. The molecule has 2 aromatic rings. The van der Waals surface area contributed by atoms with Crippen LogP contribution in [0, 0.1) is 23.2 Å². The van der Waals surface area contributed by atoms with Crippen LogP contribution in [-0.4, -0.2) is 171 Å². The Bertz CT molecular complexity index is 2290. The summed E-state index contributed by atoms with van der Waals surface area (Å²) in [7, 11) is 2.25. The average Bonchev–Trinajstić information content (AvgIpc) is 3.36. The molecule has 432 valence electrons. The highest BCUT2D eigenvalue weighted by atomic mass is 32.2. The van der Waals surface area contributed by atoms with Gasteiger partial charge < -0.3 is 64.6 Å². The second-order valence-electron chi connectivity index (χ2n) is 23.9. The molecule has 3 heterocycles. The fourth-order valence-electron chi connectivity index (χ4n) is 12.0. The van der Waals surface area contributed by atoms with Crippen LogP contribution in [0.15, 0.2) is 65.3 Å². The molecular weight excluding hydrogens is 996 g/mol. The van der Waals surface area contributed by atoms with Crippen LogP contribution in [0.4, 0.5) is 4.39 Å². The fraction of sp³-hybridized carbons (Fsp3) is 0.741. The highest BCUT2D eigenvalue weighted by Crippen LogP contribution is 2.43. The van der Waals surface area contributed by atoms with Gasteiger partial charge in [-0.05, 0) is 121 Å². The van der Waals surface area contributed by atoms with Gasteiger partial charge in [0.2, 0.25) is 0 Å². The number of benzene rings is 2. The van der Waals surface area contributed by atoms with Gasteiger partial charge >= 0.3 is 5.97 Å². The zero-order chi connectivity index (χ0) is 56.7. The van der Waals surface area contributed by atoms with Crippen LogP contribution in [0.3, 0.4) is 0 Å². The van der Waals surface area contributed by atoms with Gasteiger partial charge in [-0.25, -0.2) is 12.8 Å². The van der Waals surface area contributed by atoms with Gasteiger partial charge in [0, 0.05) is 75.6 Å². The number of hydrogen-bond acceptors (Lipinski definition) is 16. The molecule has 0 aliphatic carbocycles. The van der Waals surface area contributed by atoms with E-state index in [4.69, 9.17) is 34.2 Å². The molecule has 16 nitrogen and oxygen atoms in total. The van der Waals surface area contributed by atoms with Crippen molar-refractivity contribution in [3.63, 3.8) is 0 Å². The van der Waals surface area contributed by atoms with Gasteiger partial charge in [0.15, 0.2) is 22.4 Å². The Labute approximate surface area is 454 Å². The molecular formula is C58H95FN4O12S. The van der Waals surface area contributed by atoms with Gasteiger partial charge in [-0.15, -0.1) is 0 Å². The minimum atomic E-state index is -3.29. The Hall–Kier alpha value is -3.27. The molecule has 0 saturated carbocycles. The van der Waals surface area contributed by atoms with Crippen LogP contribution in [0.25, 0.3) is 11.1 Å². The highest BCUT2D eigenvalue weighted by Gasteiger charge is 2.51. The van der Waals surface area contributed by atoms with E-state index >= 15 is 0 Å². The van der Waals surface area contributed by atoms with Crippen molar-refractivity contribution in [2.45, 2.75) is 211 Å². The number of carbonyl (C=O) groups is 1. The second kappa shape index (κ2) is 26.8. The highest BCUT2D eigenvalue weighted by molar-refractivity contribution is 7.90. The predicted octanol–water partition coefficient (Wildman–Crippen LogP) is 7.01. The number of carbonyl (C=O) groups excluding carboxylic acids is 1. The number of sulfone groups is 1. The lowest BCUT2D eigenvalue weighted by molar-refractivity contribution is -0.305. The predicted molar refractivity (Wildman–Crippen MR) is 293 cm³/mol. The molecule has 0 radical (unpaired) electrons. The summed E-state index contributed by atoms with van der Waals surface area (Å²) in [5.41, 5.74) is 6.58. The van der Waals surface area contributed by atoms with Crippen LogP contribution in [0.1, 0.15) is 120 Å². The normalized spacial score (nSPS) is 36.2. The van der Waals surface area contributed by atoms with E-state index in [2.05, 4.69) is 38.0 Å².